The monoisotopic (exact) mass is 431 g/mol. The van der Waals surface area contributed by atoms with Gasteiger partial charge in [-0.2, -0.15) is 5.10 Å². The number of anilines is 1. The van der Waals surface area contributed by atoms with Crippen LogP contribution in [0.1, 0.15) is 51.9 Å². The lowest BCUT2D eigenvalue weighted by Crippen LogP contribution is -2.44. The Balaban J connectivity index is 1.52. The molecule has 3 N–H and O–H groups in total. The smallest absolute Gasteiger partial charge is 0.329 e. The summed E-state index contributed by atoms with van der Waals surface area (Å²) in [5.41, 5.74) is 5.13. The standard InChI is InChI=1S/C23H33N3O3S/c1-16(25-26-23(30)24-19-7-3-2-4-8-19)22-18-12-10-17(11-13-18)20(22)9-5-6-14-29-15-21(27)28/h2-4,7-8,17-18,20,22H,5-6,9-15H2,1H3,(H,27,28)(H2,24,26,30). The minimum absolute atomic E-state index is 0.203. The van der Waals surface area contributed by atoms with E-state index in [1.165, 1.54) is 25.7 Å². The van der Waals surface area contributed by atoms with Crippen LogP contribution in [0, 0.1) is 23.7 Å². The molecule has 3 saturated carbocycles. The second-order valence-electron chi connectivity index (χ2n) is 8.49. The highest BCUT2D eigenvalue weighted by atomic mass is 32.1. The maximum atomic E-state index is 10.5. The summed E-state index contributed by atoms with van der Waals surface area (Å²) in [5, 5.41) is 17.0. The molecular weight excluding hydrogens is 398 g/mol. The van der Waals surface area contributed by atoms with Crippen LogP contribution in [0.15, 0.2) is 35.4 Å². The number of carboxylic acids is 1. The third-order valence-corrected chi connectivity index (χ3v) is 6.73. The zero-order chi connectivity index (χ0) is 21.3. The Kier molecular flexibility index (Phi) is 8.63. The molecule has 3 aliphatic rings. The van der Waals surface area contributed by atoms with Gasteiger partial charge in [-0.15, -0.1) is 0 Å². The second kappa shape index (κ2) is 11.4. The highest BCUT2D eigenvalue weighted by Gasteiger charge is 2.44. The van der Waals surface area contributed by atoms with E-state index in [2.05, 4.69) is 22.8 Å². The first-order valence-electron chi connectivity index (χ1n) is 11.0. The highest BCUT2D eigenvalue weighted by molar-refractivity contribution is 7.80. The summed E-state index contributed by atoms with van der Waals surface area (Å²) in [7, 11) is 0. The van der Waals surface area contributed by atoms with Crippen molar-refractivity contribution in [2.75, 3.05) is 18.5 Å². The first-order chi connectivity index (χ1) is 14.5. The number of hydrogen-bond donors (Lipinski definition) is 3. The summed E-state index contributed by atoms with van der Waals surface area (Å²) in [6.07, 6.45) is 8.39. The van der Waals surface area contributed by atoms with E-state index in [0.29, 0.717) is 29.5 Å². The summed E-state index contributed by atoms with van der Waals surface area (Å²) in [5.74, 6) is 1.74. The maximum absolute atomic E-state index is 10.5. The lowest BCUT2D eigenvalue weighted by atomic mass is 9.56. The van der Waals surface area contributed by atoms with E-state index >= 15 is 0 Å². The van der Waals surface area contributed by atoms with Gasteiger partial charge < -0.3 is 15.2 Å². The van der Waals surface area contributed by atoms with E-state index in [9.17, 15) is 4.79 Å². The number of ether oxygens (including phenoxy) is 1. The molecule has 1 aromatic rings. The zero-order valence-electron chi connectivity index (χ0n) is 17.7. The van der Waals surface area contributed by atoms with Crippen molar-refractivity contribution in [2.45, 2.75) is 51.9 Å². The molecule has 3 aliphatic carbocycles. The van der Waals surface area contributed by atoms with Crippen molar-refractivity contribution < 1.29 is 14.6 Å². The summed E-state index contributed by atoms with van der Waals surface area (Å²) < 4.78 is 5.18. The number of benzene rings is 1. The second-order valence-corrected chi connectivity index (χ2v) is 8.90. The van der Waals surface area contributed by atoms with Crippen LogP contribution in [0.25, 0.3) is 0 Å². The van der Waals surface area contributed by atoms with Gasteiger partial charge >= 0.3 is 5.97 Å². The average molecular weight is 432 g/mol. The van der Waals surface area contributed by atoms with Gasteiger partial charge in [0.25, 0.3) is 0 Å². The van der Waals surface area contributed by atoms with E-state index < -0.39 is 5.97 Å². The van der Waals surface area contributed by atoms with Crippen molar-refractivity contribution in [3.63, 3.8) is 0 Å². The van der Waals surface area contributed by atoms with Gasteiger partial charge in [0.1, 0.15) is 6.61 Å². The van der Waals surface area contributed by atoms with Crippen LogP contribution in [0.2, 0.25) is 0 Å². The van der Waals surface area contributed by atoms with Gasteiger partial charge in [-0.1, -0.05) is 24.6 Å². The van der Waals surface area contributed by atoms with E-state index in [-0.39, 0.29) is 6.61 Å². The van der Waals surface area contributed by atoms with Gasteiger partial charge in [0.05, 0.1) is 0 Å². The molecule has 6 nitrogen and oxygen atoms in total. The quantitative estimate of drug-likeness (QED) is 0.216. The number of para-hydroxylation sites is 1. The molecule has 2 unspecified atom stereocenters. The molecule has 7 heteroatoms. The summed E-state index contributed by atoms with van der Waals surface area (Å²) in [6.45, 7) is 2.45. The SMILES string of the molecule is CC(=NNC(=S)Nc1ccccc1)C1C2CCC(CC2)C1CCCCOCC(=O)O. The van der Waals surface area contributed by atoms with Crippen molar-refractivity contribution >= 4 is 34.7 Å². The lowest BCUT2D eigenvalue weighted by Gasteiger charge is -2.49. The first-order valence-corrected chi connectivity index (χ1v) is 11.4. The minimum atomic E-state index is -0.904. The van der Waals surface area contributed by atoms with Gasteiger partial charge in [-0.25, -0.2) is 4.79 Å². The predicted molar refractivity (Wildman–Crippen MR) is 124 cm³/mol. The fourth-order valence-electron chi connectivity index (χ4n) is 5.28. The number of unbranched alkanes of at least 4 members (excludes halogenated alkanes) is 1. The lowest BCUT2D eigenvalue weighted by molar-refractivity contribution is -0.142. The molecule has 2 bridgehead atoms. The van der Waals surface area contributed by atoms with Crippen LogP contribution in [-0.4, -0.2) is 35.1 Å². The minimum Gasteiger partial charge on any atom is -0.480 e. The maximum Gasteiger partial charge on any atom is 0.329 e. The van der Waals surface area contributed by atoms with Crippen LogP contribution in [0.4, 0.5) is 5.69 Å². The molecular formula is C23H33N3O3S. The third-order valence-electron chi connectivity index (χ3n) is 6.54. The van der Waals surface area contributed by atoms with E-state index in [1.807, 2.05) is 30.3 Å². The molecule has 30 heavy (non-hydrogen) atoms. The highest BCUT2D eigenvalue weighted by Crippen LogP contribution is 2.51. The van der Waals surface area contributed by atoms with E-state index in [4.69, 9.17) is 22.1 Å². The van der Waals surface area contributed by atoms with Crippen molar-refractivity contribution in [1.29, 1.82) is 0 Å². The Labute approximate surface area is 184 Å². The fourth-order valence-corrected chi connectivity index (χ4v) is 5.44. The van der Waals surface area contributed by atoms with Crippen molar-refractivity contribution in [2.24, 2.45) is 28.8 Å². The first kappa shape index (κ1) is 22.7. The number of thiocarbonyl (C=S) groups is 1. The van der Waals surface area contributed by atoms with Gasteiger partial charge in [0, 0.05) is 23.9 Å². The van der Waals surface area contributed by atoms with Gasteiger partial charge in [-0.05, 0) is 87.6 Å². The summed E-state index contributed by atoms with van der Waals surface area (Å²) >= 11 is 5.40. The van der Waals surface area contributed by atoms with Crippen molar-refractivity contribution in [3.05, 3.63) is 30.3 Å². The van der Waals surface area contributed by atoms with Crippen LogP contribution < -0.4 is 10.7 Å². The molecule has 3 fully saturated rings. The molecule has 0 heterocycles. The zero-order valence-corrected chi connectivity index (χ0v) is 18.5. The van der Waals surface area contributed by atoms with Gasteiger partial charge in [0.15, 0.2) is 5.11 Å². The topological polar surface area (TPSA) is 83.0 Å². The van der Waals surface area contributed by atoms with Crippen molar-refractivity contribution in [1.82, 2.24) is 5.43 Å². The number of hydrazone groups is 1. The molecule has 4 rings (SSSR count). The number of carbonyl (C=O) groups is 1. The van der Waals surface area contributed by atoms with Gasteiger partial charge in [-0.3, -0.25) is 5.43 Å². The Morgan fingerprint density at radius 1 is 1.17 bits per heavy atom. The number of aliphatic carboxylic acids is 1. The van der Waals surface area contributed by atoms with Crippen LogP contribution in [-0.2, 0) is 9.53 Å². The number of hydrogen-bond acceptors (Lipinski definition) is 4. The molecule has 0 saturated heterocycles. The predicted octanol–water partition coefficient (Wildman–Crippen LogP) is 4.67. The summed E-state index contributed by atoms with van der Waals surface area (Å²) in [4.78, 5) is 10.5. The molecule has 164 valence electrons. The van der Waals surface area contributed by atoms with Gasteiger partial charge in [0.2, 0.25) is 0 Å². The fraction of sp³-hybridized carbons (Fsp3) is 0.609. The largest absolute Gasteiger partial charge is 0.480 e. The number of rotatable bonds is 10. The van der Waals surface area contributed by atoms with Crippen LogP contribution in [0.5, 0.6) is 0 Å². The van der Waals surface area contributed by atoms with Crippen molar-refractivity contribution in [3.8, 4) is 0 Å². The molecule has 0 spiro atoms. The van der Waals surface area contributed by atoms with E-state index in [0.717, 1.165) is 36.6 Å². The number of nitrogens with zero attached hydrogens (tertiary/aromatic N) is 1. The Morgan fingerprint density at radius 2 is 1.87 bits per heavy atom. The normalized spacial score (nSPS) is 25.7. The average Bonchev–Trinajstić information content (AvgIpc) is 2.75. The summed E-state index contributed by atoms with van der Waals surface area (Å²) in [6, 6.07) is 9.85. The molecule has 0 radical (unpaired) electrons. The molecule has 0 aliphatic heterocycles. The Morgan fingerprint density at radius 3 is 2.57 bits per heavy atom. The number of fused-ring (bicyclic) bond motifs is 3. The number of nitrogens with one attached hydrogen (secondary N) is 2. The Hall–Kier alpha value is -1.99. The third kappa shape index (κ3) is 6.51. The van der Waals surface area contributed by atoms with Crippen LogP contribution >= 0.6 is 12.2 Å². The Bertz CT molecular complexity index is 732. The molecule has 0 aromatic heterocycles. The molecule has 2 atom stereocenters. The molecule has 1 aromatic carbocycles. The van der Waals surface area contributed by atoms with E-state index in [1.54, 1.807) is 0 Å². The number of carboxylic acid groups (broad SMARTS) is 1. The molecule has 0 amide bonds. The van der Waals surface area contributed by atoms with Crippen LogP contribution in [0.3, 0.4) is 0 Å².